The lowest BCUT2D eigenvalue weighted by Crippen LogP contribution is -2.20. The van der Waals surface area contributed by atoms with Crippen LogP contribution in [0.15, 0.2) is 29.1 Å². The van der Waals surface area contributed by atoms with E-state index in [4.69, 9.17) is 9.84 Å². The van der Waals surface area contributed by atoms with Crippen LogP contribution < -0.4 is 10.3 Å². The molecule has 0 spiro atoms. The maximum Gasteiger partial charge on any atom is 0.335 e. The van der Waals surface area contributed by atoms with Crippen LogP contribution >= 0.6 is 0 Å². The van der Waals surface area contributed by atoms with Crippen molar-refractivity contribution < 1.29 is 14.6 Å². The van der Waals surface area contributed by atoms with Crippen molar-refractivity contribution >= 4 is 16.9 Å². The minimum Gasteiger partial charge on any atom is -0.492 e. The maximum atomic E-state index is 12.0. The van der Waals surface area contributed by atoms with Gasteiger partial charge in [0.25, 0.3) is 5.56 Å². The minimum atomic E-state index is -1.01. The van der Waals surface area contributed by atoms with E-state index in [9.17, 15) is 9.59 Å². The summed E-state index contributed by atoms with van der Waals surface area (Å²) in [6.07, 6.45) is 0.811. The highest BCUT2D eigenvalue weighted by molar-refractivity contribution is 5.96. The summed E-state index contributed by atoms with van der Waals surface area (Å²) in [4.78, 5) is 23.1. The number of aromatic carboxylic acids is 1. The highest BCUT2D eigenvalue weighted by atomic mass is 16.5. The number of carboxylic acid groups (broad SMARTS) is 1. The highest BCUT2D eigenvalue weighted by Gasteiger charge is 2.13. The smallest absolute Gasteiger partial charge is 0.335 e. The molecule has 5 nitrogen and oxygen atoms in total. The van der Waals surface area contributed by atoms with Gasteiger partial charge in [-0.05, 0) is 31.5 Å². The van der Waals surface area contributed by atoms with Crippen molar-refractivity contribution in [3.8, 4) is 5.75 Å². The van der Waals surface area contributed by atoms with Gasteiger partial charge in [-0.25, -0.2) is 4.79 Å². The fourth-order valence-corrected chi connectivity index (χ4v) is 2.24. The second-order valence-electron chi connectivity index (χ2n) is 4.47. The molecule has 5 heteroatoms. The van der Waals surface area contributed by atoms with Gasteiger partial charge in [0, 0.05) is 18.0 Å². The van der Waals surface area contributed by atoms with Gasteiger partial charge < -0.3 is 14.4 Å². The molecule has 0 saturated heterocycles. The third-order valence-electron chi connectivity index (χ3n) is 3.04. The van der Waals surface area contributed by atoms with Crippen molar-refractivity contribution in [2.75, 3.05) is 6.61 Å². The van der Waals surface area contributed by atoms with Crippen LogP contribution in [0.4, 0.5) is 0 Å². The fourth-order valence-electron chi connectivity index (χ4n) is 2.24. The fraction of sp³-hybridized carbons (Fsp3) is 0.333. The number of carboxylic acids is 1. The first-order valence-electron chi connectivity index (χ1n) is 6.62. The van der Waals surface area contributed by atoms with Crippen molar-refractivity contribution in [3.63, 3.8) is 0 Å². The van der Waals surface area contributed by atoms with E-state index in [2.05, 4.69) is 0 Å². The molecule has 0 fully saturated rings. The number of hydrogen-bond acceptors (Lipinski definition) is 3. The van der Waals surface area contributed by atoms with E-state index in [0.29, 0.717) is 29.8 Å². The third kappa shape index (κ3) is 2.52. The molecular formula is C15H17NO4. The number of ether oxygens (including phenoxy) is 1. The zero-order valence-electron chi connectivity index (χ0n) is 11.5. The number of aryl methyl sites for hydroxylation is 1. The average molecular weight is 275 g/mol. The van der Waals surface area contributed by atoms with E-state index in [1.54, 1.807) is 16.7 Å². The SMILES string of the molecule is CCCn1c(=O)ccc2cc(C(=O)O)cc(OCC)c21. The molecule has 2 aromatic rings. The summed E-state index contributed by atoms with van der Waals surface area (Å²) < 4.78 is 7.16. The molecule has 1 aromatic carbocycles. The Hall–Kier alpha value is -2.30. The molecule has 106 valence electrons. The lowest BCUT2D eigenvalue weighted by molar-refractivity contribution is 0.0696. The Morgan fingerprint density at radius 1 is 1.30 bits per heavy atom. The lowest BCUT2D eigenvalue weighted by Gasteiger charge is -2.14. The van der Waals surface area contributed by atoms with E-state index in [1.165, 1.54) is 12.1 Å². The number of aromatic nitrogens is 1. The predicted molar refractivity (Wildman–Crippen MR) is 76.6 cm³/mol. The van der Waals surface area contributed by atoms with Crippen molar-refractivity contribution in [3.05, 3.63) is 40.2 Å². The zero-order valence-corrected chi connectivity index (χ0v) is 11.5. The Morgan fingerprint density at radius 2 is 2.05 bits per heavy atom. The number of benzene rings is 1. The third-order valence-corrected chi connectivity index (χ3v) is 3.04. The molecule has 2 rings (SSSR count). The van der Waals surface area contributed by atoms with Crippen molar-refractivity contribution in [1.82, 2.24) is 4.57 Å². The summed E-state index contributed by atoms with van der Waals surface area (Å²) in [7, 11) is 0. The molecule has 0 atom stereocenters. The Balaban J connectivity index is 2.82. The van der Waals surface area contributed by atoms with Crippen LogP contribution in [0.5, 0.6) is 5.75 Å². The van der Waals surface area contributed by atoms with E-state index in [0.717, 1.165) is 6.42 Å². The van der Waals surface area contributed by atoms with Gasteiger partial charge in [0.1, 0.15) is 5.75 Å². The first kappa shape index (κ1) is 14.1. The molecule has 0 saturated carbocycles. The summed E-state index contributed by atoms with van der Waals surface area (Å²) >= 11 is 0. The number of hydrogen-bond donors (Lipinski definition) is 1. The second-order valence-corrected chi connectivity index (χ2v) is 4.47. The topological polar surface area (TPSA) is 68.5 Å². The van der Waals surface area contributed by atoms with Gasteiger partial charge in [-0.2, -0.15) is 0 Å². The molecule has 1 aromatic heterocycles. The van der Waals surface area contributed by atoms with Crippen LogP contribution in [0.3, 0.4) is 0 Å². The summed E-state index contributed by atoms with van der Waals surface area (Å²) in [5, 5.41) is 9.84. The predicted octanol–water partition coefficient (Wildman–Crippen LogP) is 2.51. The van der Waals surface area contributed by atoms with Crippen LogP contribution in [-0.4, -0.2) is 22.2 Å². The molecular weight excluding hydrogens is 258 g/mol. The zero-order chi connectivity index (χ0) is 14.7. The van der Waals surface area contributed by atoms with Gasteiger partial charge in [0.2, 0.25) is 0 Å². The molecule has 0 amide bonds. The van der Waals surface area contributed by atoms with Crippen molar-refractivity contribution in [2.24, 2.45) is 0 Å². The Bertz CT molecular complexity index is 703. The number of rotatable bonds is 5. The van der Waals surface area contributed by atoms with E-state index >= 15 is 0 Å². The van der Waals surface area contributed by atoms with Crippen LogP contribution in [0.25, 0.3) is 10.9 Å². The van der Waals surface area contributed by atoms with Crippen molar-refractivity contribution in [1.29, 1.82) is 0 Å². The van der Waals surface area contributed by atoms with E-state index in [-0.39, 0.29) is 11.1 Å². The van der Waals surface area contributed by atoms with Crippen LogP contribution in [0.1, 0.15) is 30.6 Å². The standard InChI is InChI=1S/C15H17NO4/c1-3-7-16-13(17)6-5-10-8-11(15(18)19)9-12(14(10)16)20-4-2/h5-6,8-9H,3-4,7H2,1-2H3,(H,18,19). The monoisotopic (exact) mass is 275 g/mol. The minimum absolute atomic E-state index is 0.108. The summed E-state index contributed by atoms with van der Waals surface area (Å²) in [6, 6.07) is 6.13. The number of pyridine rings is 1. The van der Waals surface area contributed by atoms with Gasteiger partial charge in [-0.15, -0.1) is 0 Å². The van der Waals surface area contributed by atoms with Gasteiger partial charge >= 0.3 is 5.97 Å². The number of fused-ring (bicyclic) bond motifs is 1. The van der Waals surface area contributed by atoms with Gasteiger partial charge in [0.15, 0.2) is 0 Å². The number of carbonyl (C=O) groups is 1. The highest BCUT2D eigenvalue weighted by Crippen LogP contribution is 2.27. The molecule has 0 aliphatic carbocycles. The molecule has 0 bridgehead atoms. The van der Waals surface area contributed by atoms with Gasteiger partial charge in [-0.1, -0.05) is 6.92 Å². The Kier molecular flexibility index (Phi) is 4.08. The van der Waals surface area contributed by atoms with E-state index < -0.39 is 5.97 Å². The van der Waals surface area contributed by atoms with E-state index in [1.807, 2.05) is 13.8 Å². The Morgan fingerprint density at radius 3 is 2.65 bits per heavy atom. The molecule has 20 heavy (non-hydrogen) atoms. The first-order chi connectivity index (χ1) is 9.58. The average Bonchev–Trinajstić information content (AvgIpc) is 2.42. The van der Waals surface area contributed by atoms with Crippen LogP contribution in [0.2, 0.25) is 0 Å². The molecule has 1 N–H and O–H groups in total. The molecule has 0 unspecified atom stereocenters. The first-order valence-corrected chi connectivity index (χ1v) is 6.62. The van der Waals surface area contributed by atoms with Crippen LogP contribution in [0, 0.1) is 0 Å². The summed E-state index contributed by atoms with van der Waals surface area (Å²) in [5.41, 5.74) is 0.706. The molecule has 0 aliphatic rings. The second kappa shape index (κ2) is 5.77. The molecule has 0 radical (unpaired) electrons. The number of nitrogens with zero attached hydrogens (tertiary/aromatic N) is 1. The van der Waals surface area contributed by atoms with Crippen molar-refractivity contribution in [2.45, 2.75) is 26.8 Å². The lowest BCUT2D eigenvalue weighted by atomic mass is 10.1. The summed E-state index contributed by atoms with van der Waals surface area (Å²) in [5.74, 6) is -0.574. The quantitative estimate of drug-likeness (QED) is 0.910. The van der Waals surface area contributed by atoms with Crippen LogP contribution in [-0.2, 0) is 6.54 Å². The molecule has 1 heterocycles. The molecule has 0 aliphatic heterocycles. The normalized spacial score (nSPS) is 10.7. The van der Waals surface area contributed by atoms with Gasteiger partial charge in [0.05, 0.1) is 17.7 Å². The summed E-state index contributed by atoms with van der Waals surface area (Å²) in [6.45, 7) is 4.79. The van der Waals surface area contributed by atoms with Gasteiger partial charge in [-0.3, -0.25) is 4.79 Å². The largest absolute Gasteiger partial charge is 0.492 e. The maximum absolute atomic E-state index is 12.0. The Labute approximate surface area is 116 Å².